The van der Waals surface area contributed by atoms with Gasteiger partial charge in [0, 0.05) is 19.3 Å². The second kappa shape index (κ2) is 5.88. The Kier molecular flexibility index (Phi) is 4.05. The fourth-order valence-corrected chi connectivity index (χ4v) is 2.84. The predicted molar refractivity (Wildman–Crippen MR) is 71.7 cm³/mol. The standard InChI is InChI=1S/C14H13F5N4/c15-11(16)6-9-3-5-22(7-9)8-10-13(14(17,18)19)21-12-2-1-4-20-23(10)12/h1-2,4,6,9H,3,5,7-8H2. The minimum absolute atomic E-state index is 0.0364. The van der Waals surface area contributed by atoms with E-state index in [1.54, 1.807) is 4.90 Å². The molecule has 2 aromatic rings. The van der Waals surface area contributed by atoms with Crippen molar-refractivity contribution in [2.45, 2.75) is 19.1 Å². The van der Waals surface area contributed by atoms with Crippen molar-refractivity contribution >= 4 is 5.65 Å². The van der Waals surface area contributed by atoms with Crippen LogP contribution in [-0.4, -0.2) is 32.6 Å². The van der Waals surface area contributed by atoms with E-state index in [9.17, 15) is 22.0 Å². The van der Waals surface area contributed by atoms with Crippen molar-refractivity contribution in [1.29, 1.82) is 0 Å². The highest BCUT2D eigenvalue weighted by Gasteiger charge is 2.39. The van der Waals surface area contributed by atoms with Crippen LogP contribution in [0.5, 0.6) is 0 Å². The Balaban J connectivity index is 1.89. The predicted octanol–water partition coefficient (Wildman–Crippen LogP) is 3.35. The molecule has 0 saturated carbocycles. The van der Waals surface area contributed by atoms with E-state index in [0.717, 1.165) is 10.6 Å². The van der Waals surface area contributed by atoms with Gasteiger partial charge in [-0.1, -0.05) is 0 Å². The lowest BCUT2D eigenvalue weighted by molar-refractivity contribution is -0.141. The number of halogens is 5. The van der Waals surface area contributed by atoms with Crippen molar-refractivity contribution < 1.29 is 22.0 Å². The van der Waals surface area contributed by atoms with Gasteiger partial charge >= 0.3 is 6.18 Å². The molecule has 3 heterocycles. The third-order valence-electron chi connectivity index (χ3n) is 3.80. The van der Waals surface area contributed by atoms with Crippen LogP contribution in [0.3, 0.4) is 0 Å². The van der Waals surface area contributed by atoms with Gasteiger partial charge in [0.2, 0.25) is 0 Å². The second-order valence-electron chi connectivity index (χ2n) is 5.44. The molecule has 0 bridgehead atoms. The largest absolute Gasteiger partial charge is 0.435 e. The summed E-state index contributed by atoms with van der Waals surface area (Å²) in [5.41, 5.74) is -0.939. The molecule has 0 spiro atoms. The zero-order chi connectivity index (χ0) is 16.6. The van der Waals surface area contributed by atoms with Crippen LogP contribution in [0.2, 0.25) is 0 Å². The molecule has 0 N–H and O–H groups in total. The maximum Gasteiger partial charge on any atom is 0.435 e. The van der Waals surface area contributed by atoms with E-state index in [0.29, 0.717) is 13.0 Å². The van der Waals surface area contributed by atoms with Gasteiger partial charge in [-0.25, -0.2) is 9.50 Å². The van der Waals surface area contributed by atoms with Crippen molar-refractivity contribution in [2.24, 2.45) is 5.92 Å². The van der Waals surface area contributed by atoms with Gasteiger partial charge in [0.05, 0.1) is 5.69 Å². The SMILES string of the molecule is FC(F)=CC1CCN(Cc2c(C(F)(F)F)nc3cccnn23)C1. The number of hydrogen-bond acceptors (Lipinski definition) is 3. The number of hydrogen-bond donors (Lipinski definition) is 0. The summed E-state index contributed by atoms with van der Waals surface area (Å²) in [7, 11) is 0. The molecule has 1 aliphatic rings. The molecule has 9 heteroatoms. The molecule has 2 aromatic heterocycles. The summed E-state index contributed by atoms with van der Waals surface area (Å²) in [6, 6.07) is 2.95. The van der Waals surface area contributed by atoms with Gasteiger partial charge in [-0.15, -0.1) is 0 Å². The maximum absolute atomic E-state index is 13.2. The highest BCUT2D eigenvalue weighted by atomic mass is 19.4. The van der Waals surface area contributed by atoms with Gasteiger partial charge in [-0.3, -0.25) is 4.90 Å². The zero-order valence-electron chi connectivity index (χ0n) is 11.9. The third kappa shape index (κ3) is 3.34. The monoisotopic (exact) mass is 332 g/mol. The molecule has 1 unspecified atom stereocenters. The van der Waals surface area contributed by atoms with E-state index < -0.39 is 18.0 Å². The van der Waals surface area contributed by atoms with Crippen molar-refractivity contribution in [1.82, 2.24) is 19.5 Å². The average Bonchev–Trinajstić information content (AvgIpc) is 3.03. The summed E-state index contributed by atoms with van der Waals surface area (Å²) < 4.78 is 65.3. The molecule has 0 aromatic carbocycles. The molecule has 3 rings (SSSR count). The molecular weight excluding hydrogens is 319 g/mol. The Hall–Kier alpha value is -2.03. The highest BCUT2D eigenvalue weighted by Crippen LogP contribution is 2.33. The average molecular weight is 332 g/mol. The molecule has 124 valence electrons. The lowest BCUT2D eigenvalue weighted by Crippen LogP contribution is -2.23. The van der Waals surface area contributed by atoms with Gasteiger partial charge in [-0.05, 0) is 37.1 Å². The zero-order valence-corrected chi connectivity index (χ0v) is 11.9. The van der Waals surface area contributed by atoms with Crippen LogP contribution in [0, 0.1) is 5.92 Å². The fourth-order valence-electron chi connectivity index (χ4n) is 2.84. The Morgan fingerprint density at radius 3 is 2.83 bits per heavy atom. The molecule has 1 saturated heterocycles. The number of alkyl halides is 3. The Morgan fingerprint density at radius 1 is 1.35 bits per heavy atom. The topological polar surface area (TPSA) is 33.4 Å². The first-order chi connectivity index (χ1) is 10.8. The Labute approximate surface area is 128 Å². The van der Waals surface area contributed by atoms with E-state index >= 15 is 0 Å². The third-order valence-corrected chi connectivity index (χ3v) is 3.80. The van der Waals surface area contributed by atoms with E-state index in [4.69, 9.17) is 0 Å². The first kappa shape index (κ1) is 15.9. The summed E-state index contributed by atoms with van der Waals surface area (Å²) in [5, 5.41) is 3.92. The number of likely N-dealkylation sites (tertiary alicyclic amines) is 1. The van der Waals surface area contributed by atoms with Crippen LogP contribution in [0.1, 0.15) is 17.8 Å². The summed E-state index contributed by atoms with van der Waals surface area (Å²) in [6.07, 6.45) is -3.62. The molecule has 1 atom stereocenters. The summed E-state index contributed by atoms with van der Waals surface area (Å²) >= 11 is 0. The first-order valence-electron chi connectivity index (χ1n) is 6.99. The van der Waals surface area contributed by atoms with Gasteiger partial charge in [0.1, 0.15) is 0 Å². The Morgan fingerprint density at radius 2 is 2.13 bits per heavy atom. The van der Waals surface area contributed by atoms with Gasteiger partial charge in [0.15, 0.2) is 11.3 Å². The minimum Gasteiger partial charge on any atom is -0.297 e. The van der Waals surface area contributed by atoms with Crippen LogP contribution in [-0.2, 0) is 12.7 Å². The molecule has 1 aliphatic heterocycles. The van der Waals surface area contributed by atoms with Gasteiger partial charge in [0.25, 0.3) is 6.08 Å². The molecular formula is C14H13F5N4. The quantitative estimate of drug-likeness (QED) is 0.808. The van der Waals surface area contributed by atoms with Crippen LogP contribution in [0.15, 0.2) is 30.5 Å². The number of nitrogens with zero attached hydrogens (tertiary/aromatic N) is 4. The minimum atomic E-state index is -4.59. The van der Waals surface area contributed by atoms with Crippen molar-refractivity contribution in [3.05, 3.63) is 41.9 Å². The lowest BCUT2D eigenvalue weighted by Gasteiger charge is -2.16. The summed E-state index contributed by atoms with van der Waals surface area (Å²) in [5.74, 6) is -0.346. The lowest BCUT2D eigenvalue weighted by atomic mass is 10.1. The number of rotatable bonds is 3. The van der Waals surface area contributed by atoms with E-state index in [2.05, 4.69) is 10.1 Å². The van der Waals surface area contributed by atoms with E-state index in [-0.39, 0.29) is 30.3 Å². The van der Waals surface area contributed by atoms with E-state index in [1.807, 2.05) is 0 Å². The highest BCUT2D eigenvalue weighted by molar-refractivity contribution is 5.42. The molecule has 1 fully saturated rings. The van der Waals surface area contributed by atoms with Gasteiger partial charge < -0.3 is 0 Å². The molecule has 0 amide bonds. The van der Waals surface area contributed by atoms with Crippen molar-refractivity contribution in [3.63, 3.8) is 0 Å². The van der Waals surface area contributed by atoms with Crippen molar-refractivity contribution in [2.75, 3.05) is 13.1 Å². The molecule has 0 radical (unpaired) electrons. The first-order valence-corrected chi connectivity index (χ1v) is 6.99. The van der Waals surface area contributed by atoms with Gasteiger partial charge in [-0.2, -0.15) is 27.1 Å². The smallest absolute Gasteiger partial charge is 0.297 e. The molecule has 4 nitrogen and oxygen atoms in total. The Bertz CT molecular complexity index is 732. The van der Waals surface area contributed by atoms with E-state index in [1.165, 1.54) is 18.3 Å². The number of imidazole rings is 1. The maximum atomic E-state index is 13.2. The van der Waals surface area contributed by atoms with Crippen LogP contribution in [0.25, 0.3) is 5.65 Å². The number of aromatic nitrogens is 3. The fraction of sp³-hybridized carbons (Fsp3) is 0.429. The van der Waals surface area contributed by atoms with Crippen LogP contribution < -0.4 is 0 Å². The molecule has 23 heavy (non-hydrogen) atoms. The number of fused-ring (bicyclic) bond motifs is 1. The summed E-state index contributed by atoms with van der Waals surface area (Å²) in [4.78, 5) is 5.32. The normalized spacial score (nSPS) is 19.4. The van der Waals surface area contributed by atoms with Crippen LogP contribution >= 0.6 is 0 Å². The van der Waals surface area contributed by atoms with Crippen LogP contribution in [0.4, 0.5) is 22.0 Å². The van der Waals surface area contributed by atoms with Crippen molar-refractivity contribution in [3.8, 4) is 0 Å². The summed E-state index contributed by atoms with van der Waals surface area (Å²) in [6.45, 7) is 0.700. The second-order valence-corrected chi connectivity index (χ2v) is 5.44. The molecule has 0 aliphatic carbocycles.